The first-order valence-electron chi connectivity index (χ1n) is 6.20. The number of rotatable bonds is 4. The predicted molar refractivity (Wildman–Crippen MR) is 71.3 cm³/mol. The van der Waals surface area contributed by atoms with E-state index in [4.69, 9.17) is 10.5 Å². The molecule has 0 radical (unpaired) electrons. The summed E-state index contributed by atoms with van der Waals surface area (Å²) in [7, 11) is 1.52. The highest BCUT2D eigenvalue weighted by Crippen LogP contribution is 2.22. The highest BCUT2D eigenvalue weighted by atomic mass is 35.5. The molecule has 102 valence electrons. The van der Waals surface area contributed by atoms with Crippen molar-refractivity contribution in [3.05, 3.63) is 0 Å². The summed E-state index contributed by atoms with van der Waals surface area (Å²) < 4.78 is 5.02. The van der Waals surface area contributed by atoms with Crippen LogP contribution in [0.5, 0.6) is 0 Å². The highest BCUT2D eigenvalue weighted by Gasteiger charge is 2.21. The smallest absolute Gasteiger partial charge is 0.250 e. The zero-order chi connectivity index (χ0) is 12.0. The first kappa shape index (κ1) is 16.7. The van der Waals surface area contributed by atoms with Crippen molar-refractivity contribution in [1.82, 2.24) is 5.32 Å². The van der Waals surface area contributed by atoms with E-state index in [0.717, 1.165) is 18.8 Å². The van der Waals surface area contributed by atoms with Crippen molar-refractivity contribution in [1.29, 1.82) is 0 Å². The lowest BCUT2D eigenvalue weighted by atomic mass is 10.0. The molecule has 0 aliphatic heterocycles. The molecule has 17 heavy (non-hydrogen) atoms. The lowest BCUT2D eigenvalue weighted by Gasteiger charge is -2.20. The summed E-state index contributed by atoms with van der Waals surface area (Å²) in [4.78, 5) is 11.8. The lowest BCUT2D eigenvalue weighted by Crippen LogP contribution is -2.45. The van der Waals surface area contributed by atoms with E-state index in [9.17, 15) is 4.79 Å². The normalized spacial score (nSPS) is 26.5. The molecule has 0 aromatic rings. The van der Waals surface area contributed by atoms with Gasteiger partial charge in [0.25, 0.3) is 5.91 Å². The van der Waals surface area contributed by atoms with Gasteiger partial charge < -0.3 is 15.8 Å². The van der Waals surface area contributed by atoms with Crippen LogP contribution in [-0.4, -0.2) is 31.7 Å². The number of nitrogens with one attached hydrogen (secondary N) is 1. The Kier molecular flexibility index (Phi) is 8.56. The molecule has 0 aromatic carbocycles. The van der Waals surface area contributed by atoms with Crippen LogP contribution in [0.4, 0.5) is 0 Å². The van der Waals surface area contributed by atoms with Gasteiger partial charge in [-0.1, -0.05) is 19.8 Å². The molecule has 0 heterocycles. The van der Waals surface area contributed by atoms with Crippen molar-refractivity contribution in [2.75, 3.05) is 13.7 Å². The molecule has 1 amide bonds. The zero-order valence-corrected chi connectivity index (χ0v) is 11.6. The molecule has 0 bridgehead atoms. The van der Waals surface area contributed by atoms with Crippen LogP contribution in [0.1, 0.15) is 39.0 Å². The number of methoxy groups -OCH3 is 1. The molecule has 3 N–H and O–H groups in total. The Morgan fingerprint density at radius 1 is 1.41 bits per heavy atom. The van der Waals surface area contributed by atoms with Crippen LogP contribution in [0.15, 0.2) is 0 Å². The van der Waals surface area contributed by atoms with E-state index in [1.54, 1.807) is 0 Å². The van der Waals surface area contributed by atoms with Gasteiger partial charge in [0.15, 0.2) is 0 Å². The van der Waals surface area contributed by atoms with Gasteiger partial charge in [-0.2, -0.15) is 0 Å². The van der Waals surface area contributed by atoms with Crippen molar-refractivity contribution in [3.63, 3.8) is 0 Å². The topological polar surface area (TPSA) is 64.3 Å². The number of nitrogens with two attached hydrogens (primary N) is 1. The summed E-state index contributed by atoms with van der Waals surface area (Å²) >= 11 is 0. The summed E-state index contributed by atoms with van der Waals surface area (Å²) in [6.07, 6.45) is 5.33. The Morgan fingerprint density at radius 2 is 2.12 bits per heavy atom. The minimum absolute atomic E-state index is 0. The zero-order valence-electron chi connectivity index (χ0n) is 10.8. The third-order valence-electron chi connectivity index (χ3n) is 3.39. The van der Waals surface area contributed by atoms with E-state index in [0.29, 0.717) is 6.04 Å². The fraction of sp³-hybridized carbons (Fsp3) is 0.917. The summed E-state index contributed by atoms with van der Waals surface area (Å²) in [5.41, 5.74) is 5.46. The molecule has 0 aromatic heterocycles. The third-order valence-corrected chi connectivity index (χ3v) is 3.39. The summed E-state index contributed by atoms with van der Waals surface area (Å²) in [5, 5.41) is 3.04. The lowest BCUT2D eigenvalue weighted by molar-refractivity contribution is -0.131. The van der Waals surface area contributed by atoms with Crippen LogP contribution < -0.4 is 11.1 Å². The van der Waals surface area contributed by atoms with E-state index < -0.39 is 6.10 Å². The van der Waals surface area contributed by atoms with Crippen molar-refractivity contribution < 1.29 is 9.53 Å². The van der Waals surface area contributed by atoms with E-state index in [-0.39, 0.29) is 24.9 Å². The average Bonchev–Trinajstić information content (AvgIpc) is 2.46. The maximum absolute atomic E-state index is 11.8. The average molecular weight is 265 g/mol. The van der Waals surface area contributed by atoms with Gasteiger partial charge in [-0.25, -0.2) is 0 Å². The minimum Gasteiger partial charge on any atom is -0.370 e. The van der Waals surface area contributed by atoms with Crippen LogP contribution in [-0.2, 0) is 9.53 Å². The molecule has 1 rings (SSSR count). The Labute approximate surface area is 110 Å². The third kappa shape index (κ3) is 5.70. The molecule has 4 nitrogen and oxygen atoms in total. The van der Waals surface area contributed by atoms with Gasteiger partial charge in [0.2, 0.25) is 0 Å². The van der Waals surface area contributed by atoms with Gasteiger partial charge in [0.1, 0.15) is 6.10 Å². The van der Waals surface area contributed by atoms with E-state index in [2.05, 4.69) is 12.2 Å². The van der Waals surface area contributed by atoms with Gasteiger partial charge in [0.05, 0.1) is 0 Å². The molecule has 1 saturated carbocycles. The minimum atomic E-state index is -0.499. The van der Waals surface area contributed by atoms with Gasteiger partial charge in [0, 0.05) is 19.7 Å². The molecule has 1 aliphatic rings. The quantitative estimate of drug-likeness (QED) is 0.756. The molecule has 0 saturated heterocycles. The maximum atomic E-state index is 11.8. The highest BCUT2D eigenvalue weighted by molar-refractivity contribution is 5.85. The Bertz CT molecular complexity index is 223. The second-order valence-corrected chi connectivity index (χ2v) is 4.78. The fourth-order valence-corrected chi connectivity index (χ4v) is 2.24. The number of hydrogen-bond donors (Lipinski definition) is 2. The summed E-state index contributed by atoms with van der Waals surface area (Å²) in [6, 6.07) is 0.307. The van der Waals surface area contributed by atoms with Crippen LogP contribution in [0, 0.1) is 5.92 Å². The molecule has 0 spiro atoms. The van der Waals surface area contributed by atoms with Crippen LogP contribution in [0.3, 0.4) is 0 Å². The Morgan fingerprint density at radius 3 is 2.71 bits per heavy atom. The van der Waals surface area contributed by atoms with Crippen LogP contribution >= 0.6 is 12.4 Å². The van der Waals surface area contributed by atoms with Gasteiger partial charge >= 0.3 is 0 Å². The molecule has 3 atom stereocenters. The van der Waals surface area contributed by atoms with Gasteiger partial charge in [-0.3, -0.25) is 4.79 Å². The van der Waals surface area contributed by atoms with E-state index in [1.165, 1.54) is 26.4 Å². The van der Waals surface area contributed by atoms with E-state index in [1.807, 2.05) is 0 Å². The second-order valence-electron chi connectivity index (χ2n) is 4.78. The van der Waals surface area contributed by atoms with Gasteiger partial charge in [-0.05, 0) is 25.2 Å². The molecule has 1 aliphatic carbocycles. The number of halogens is 1. The predicted octanol–water partition coefficient (Wildman–Crippen LogP) is 1.47. The molecular weight excluding hydrogens is 240 g/mol. The first-order valence-corrected chi connectivity index (χ1v) is 6.20. The fourth-order valence-electron chi connectivity index (χ4n) is 2.24. The maximum Gasteiger partial charge on any atom is 0.250 e. The van der Waals surface area contributed by atoms with Gasteiger partial charge in [-0.15, -0.1) is 12.4 Å². The van der Waals surface area contributed by atoms with Crippen molar-refractivity contribution >= 4 is 18.3 Å². The van der Waals surface area contributed by atoms with Crippen LogP contribution in [0.25, 0.3) is 0 Å². The SMILES string of the molecule is COC(CN)C(=O)NC1CCCC(C)CC1.Cl. The Balaban J connectivity index is 0.00000256. The number of ether oxygens (including phenoxy) is 1. The summed E-state index contributed by atoms with van der Waals surface area (Å²) in [5.74, 6) is 0.721. The molecule has 3 unspecified atom stereocenters. The number of carbonyl (C=O) groups excluding carboxylic acids is 1. The summed E-state index contributed by atoms with van der Waals surface area (Å²) in [6.45, 7) is 2.52. The Hall–Kier alpha value is -0.320. The molecule has 5 heteroatoms. The van der Waals surface area contributed by atoms with Crippen LogP contribution in [0.2, 0.25) is 0 Å². The molecular formula is C12H25ClN2O2. The van der Waals surface area contributed by atoms with E-state index >= 15 is 0 Å². The standard InChI is InChI=1S/C12H24N2O2.ClH/c1-9-4-3-5-10(7-6-9)14-12(15)11(8-13)16-2;/h9-11H,3-8,13H2,1-2H3,(H,14,15);1H. The van der Waals surface area contributed by atoms with Crippen molar-refractivity contribution in [3.8, 4) is 0 Å². The number of carbonyl (C=O) groups is 1. The van der Waals surface area contributed by atoms with Crippen molar-refractivity contribution in [2.24, 2.45) is 11.7 Å². The largest absolute Gasteiger partial charge is 0.370 e. The first-order chi connectivity index (χ1) is 7.67. The monoisotopic (exact) mass is 264 g/mol. The number of amides is 1. The second kappa shape index (κ2) is 8.72. The molecule has 1 fully saturated rings. The van der Waals surface area contributed by atoms with Crippen molar-refractivity contribution in [2.45, 2.75) is 51.2 Å². The number of hydrogen-bond acceptors (Lipinski definition) is 3.